The first-order chi connectivity index (χ1) is 6.16. The molecule has 1 N–H and O–H groups in total. The molecule has 0 spiro atoms. The molecule has 0 heterocycles. The van der Waals surface area contributed by atoms with Crippen LogP contribution in [0.2, 0.25) is 0 Å². The SMILES string of the molecule is O[C@@H]1CCc2cc(F)cc(F)c2C1. The maximum atomic E-state index is 13.2. The van der Waals surface area contributed by atoms with Gasteiger partial charge in [-0.15, -0.1) is 0 Å². The summed E-state index contributed by atoms with van der Waals surface area (Å²) in [6.45, 7) is 0. The largest absolute Gasteiger partial charge is 0.393 e. The summed E-state index contributed by atoms with van der Waals surface area (Å²) in [5.74, 6) is -1.07. The third kappa shape index (κ3) is 1.56. The lowest BCUT2D eigenvalue weighted by Gasteiger charge is -2.20. The van der Waals surface area contributed by atoms with Crippen molar-refractivity contribution in [2.75, 3.05) is 0 Å². The molecule has 0 saturated carbocycles. The van der Waals surface area contributed by atoms with Crippen LogP contribution >= 0.6 is 0 Å². The van der Waals surface area contributed by atoms with Crippen molar-refractivity contribution in [2.24, 2.45) is 0 Å². The van der Waals surface area contributed by atoms with E-state index >= 15 is 0 Å². The second-order valence-electron chi connectivity index (χ2n) is 3.42. The van der Waals surface area contributed by atoms with Crippen molar-refractivity contribution in [3.8, 4) is 0 Å². The van der Waals surface area contributed by atoms with Gasteiger partial charge in [-0.25, -0.2) is 8.78 Å². The van der Waals surface area contributed by atoms with Gasteiger partial charge < -0.3 is 5.11 Å². The van der Waals surface area contributed by atoms with Crippen molar-refractivity contribution in [1.29, 1.82) is 0 Å². The summed E-state index contributed by atoms with van der Waals surface area (Å²) >= 11 is 0. The summed E-state index contributed by atoms with van der Waals surface area (Å²) in [6.07, 6.45) is 0.982. The van der Waals surface area contributed by atoms with Gasteiger partial charge in [0, 0.05) is 12.5 Å². The van der Waals surface area contributed by atoms with Gasteiger partial charge in [0.1, 0.15) is 11.6 Å². The molecule has 2 rings (SSSR count). The van der Waals surface area contributed by atoms with Gasteiger partial charge in [-0.1, -0.05) is 0 Å². The number of rotatable bonds is 0. The number of hydrogen-bond donors (Lipinski definition) is 1. The van der Waals surface area contributed by atoms with E-state index < -0.39 is 17.7 Å². The third-order valence-electron chi connectivity index (χ3n) is 2.44. The Bertz CT molecular complexity index is 336. The number of halogens is 2. The summed E-state index contributed by atoms with van der Waals surface area (Å²) in [4.78, 5) is 0. The number of hydrogen-bond acceptors (Lipinski definition) is 1. The van der Waals surface area contributed by atoms with E-state index in [0.717, 1.165) is 6.07 Å². The minimum absolute atomic E-state index is 0.307. The van der Waals surface area contributed by atoms with Crippen LogP contribution in [-0.4, -0.2) is 11.2 Å². The molecule has 1 atom stereocenters. The number of aliphatic hydroxyl groups excluding tert-OH is 1. The van der Waals surface area contributed by atoms with E-state index in [1.807, 2.05) is 0 Å². The maximum absolute atomic E-state index is 13.2. The van der Waals surface area contributed by atoms with Crippen molar-refractivity contribution < 1.29 is 13.9 Å². The fraction of sp³-hybridized carbons (Fsp3) is 0.400. The lowest BCUT2D eigenvalue weighted by atomic mass is 9.89. The van der Waals surface area contributed by atoms with Crippen molar-refractivity contribution in [3.63, 3.8) is 0 Å². The smallest absolute Gasteiger partial charge is 0.129 e. The van der Waals surface area contributed by atoms with Crippen molar-refractivity contribution in [1.82, 2.24) is 0 Å². The second-order valence-corrected chi connectivity index (χ2v) is 3.42. The molecule has 0 fully saturated rings. The van der Waals surface area contributed by atoms with Crippen molar-refractivity contribution >= 4 is 0 Å². The Morgan fingerprint density at radius 3 is 2.85 bits per heavy atom. The molecule has 70 valence electrons. The van der Waals surface area contributed by atoms with Crippen LogP contribution in [-0.2, 0) is 12.8 Å². The van der Waals surface area contributed by atoms with Crippen LogP contribution in [0, 0.1) is 11.6 Å². The fourth-order valence-corrected chi connectivity index (χ4v) is 1.77. The van der Waals surface area contributed by atoms with Crippen LogP contribution in [0.15, 0.2) is 12.1 Å². The standard InChI is InChI=1S/C10H10F2O/c11-7-3-6-1-2-8(13)5-9(6)10(12)4-7/h3-4,8,13H,1-2,5H2/t8-/m1/s1. The first kappa shape index (κ1) is 8.63. The Hall–Kier alpha value is -0.960. The average molecular weight is 184 g/mol. The van der Waals surface area contributed by atoms with E-state index in [4.69, 9.17) is 0 Å². The topological polar surface area (TPSA) is 20.2 Å². The summed E-state index contributed by atoms with van der Waals surface area (Å²) in [7, 11) is 0. The van der Waals surface area contributed by atoms with E-state index in [-0.39, 0.29) is 0 Å². The first-order valence-corrected chi connectivity index (χ1v) is 4.31. The van der Waals surface area contributed by atoms with E-state index in [2.05, 4.69) is 0 Å². The predicted octanol–water partition coefficient (Wildman–Crippen LogP) is 1.81. The zero-order chi connectivity index (χ0) is 9.42. The minimum atomic E-state index is -0.535. The summed E-state index contributed by atoms with van der Waals surface area (Å²) < 4.78 is 25.9. The number of benzene rings is 1. The molecule has 1 aliphatic rings. The lowest BCUT2D eigenvalue weighted by Crippen LogP contribution is -2.20. The third-order valence-corrected chi connectivity index (χ3v) is 2.44. The van der Waals surface area contributed by atoms with Crippen LogP contribution in [0.5, 0.6) is 0 Å². The summed E-state index contributed by atoms with van der Waals surface area (Å²) in [5.41, 5.74) is 1.17. The molecule has 1 nitrogen and oxygen atoms in total. The minimum Gasteiger partial charge on any atom is -0.393 e. The quantitative estimate of drug-likeness (QED) is 0.652. The Labute approximate surface area is 75.0 Å². The highest BCUT2D eigenvalue weighted by atomic mass is 19.1. The second kappa shape index (κ2) is 3.07. The molecule has 0 bridgehead atoms. The highest BCUT2D eigenvalue weighted by Crippen LogP contribution is 2.24. The highest BCUT2D eigenvalue weighted by Gasteiger charge is 2.20. The van der Waals surface area contributed by atoms with Gasteiger partial charge in [0.05, 0.1) is 6.10 Å². The maximum Gasteiger partial charge on any atom is 0.129 e. The zero-order valence-electron chi connectivity index (χ0n) is 7.06. The predicted molar refractivity (Wildman–Crippen MR) is 44.4 cm³/mol. The summed E-state index contributed by atoms with van der Waals surface area (Å²) in [5, 5.41) is 9.29. The molecule has 1 aromatic rings. The fourth-order valence-electron chi connectivity index (χ4n) is 1.77. The Morgan fingerprint density at radius 1 is 1.31 bits per heavy atom. The number of fused-ring (bicyclic) bond motifs is 1. The summed E-state index contributed by atoms with van der Waals surface area (Å²) in [6, 6.07) is 2.22. The van der Waals surface area contributed by atoms with Crippen LogP contribution in [0.3, 0.4) is 0 Å². The van der Waals surface area contributed by atoms with Gasteiger partial charge in [-0.05, 0) is 30.0 Å². The Morgan fingerprint density at radius 2 is 2.08 bits per heavy atom. The number of aliphatic hydroxyl groups is 1. The van der Waals surface area contributed by atoms with Crippen molar-refractivity contribution in [2.45, 2.75) is 25.4 Å². The van der Waals surface area contributed by atoms with Crippen LogP contribution in [0.1, 0.15) is 17.5 Å². The molecular weight excluding hydrogens is 174 g/mol. The molecule has 3 heteroatoms. The van der Waals surface area contributed by atoms with Crippen LogP contribution < -0.4 is 0 Å². The highest BCUT2D eigenvalue weighted by molar-refractivity contribution is 5.32. The molecule has 0 amide bonds. The van der Waals surface area contributed by atoms with E-state index in [1.54, 1.807) is 0 Å². The first-order valence-electron chi connectivity index (χ1n) is 4.31. The molecule has 1 aromatic carbocycles. The van der Waals surface area contributed by atoms with Gasteiger partial charge in [-0.2, -0.15) is 0 Å². The molecule has 0 aromatic heterocycles. The normalized spacial score (nSPS) is 21.3. The van der Waals surface area contributed by atoms with E-state index in [1.165, 1.54) is 6.07 Å². The molecule has 0 aliphatic heterocycles. The van der Waals surface area contributed by atoms with Gasteiger partial charge >= 0.3 is 0 Å². The monoisotopic (exact) mass is 184 g/mol. The van der Waals surface area contributed by atoms with Gasteiger partial charge in [0.2, 0.25) is 0 Å². The molecule has 1 aliphatic carbocycles. The lowest BCUT2D eigenvalue weighted by molar-refractivity contribution is 0.157. The Balaban J connectivity index is 2.47. The zero-order valence-corrected chi connectivity index (χ0v) is 7.06. The van der Waals surface area contributed by atoms with Crippen LogP contribution in [0.25, 0.3) is 0 Å². The Kier molecular flexibility index (Phi) is 2.04. The van der Waals surface area contributed by atoms with E-state index in [0.29, 0.717) is 30.4 Å². The molecular formula is C10H10F2O. The van der Waals surface area contributed by atoms with E-state index in [9.17, 15) is 13.9 Å². The molecule has 0 radical (unpaired) electrons. The molecule has 0 unspecified atom stereocenters. The number of aryl methyl sites for hydroxylation is 1. The van der Waals surface area contributed by atoms with Gasteiger partial charge in [0.25, 0.3) is 0 Å². The van der Waals surface area contributed by atoms with Gasteiger partial charge in [0.15, 0.2) is 0 Å². The van der Waals surface area contributed by atoms with Gasteiger partial charge in [-0.3, -0.25) is 0 Å². The van der Waals surface area contributed by atoms with Crippen molar-refractivity contribution in [3.05, 3.63) is 34.9 Å². The molecule has 0 saturated heterocycles. The average Bonchev–Trinajstić information content (AvgIpc) is 2.06. The van der Waals surface area contributed by atoms with Crippen LogP contribution in [0.4, 0.5) is 8.78 Å². The molecule has 13 heavy (non-hydrogen) atoms.